The lowest BCUT2D eigenvalue weighted by molar-refractivity contribution is 0.148. The Morgan fingerprint density at radius 2 is 1.59 bits per heavy atom. The summed E-state index contributed by atoms with van der Waals surface area (Å²) in [5.41, 5.74) is 3.25. The van der Waals surface area contributed by atoms with Crippen molar-refractivity contribution in [1.29, 1.82) is 0 Å². The van der Waals surface area contributed by atoms with Gasteiger partial charge in [-0.3, -0.25) is 0 Å². The standard InChI is InChI=1S/C26H43NOSi/c1-18-15-21(26(2,3)4)25(28)24(16-18)29(5,6)23-17-22(27-13-9-10-14-27)19-11-7-8-12-20(19)23/h15-16,19-20,22-23,28H,7-14,17H2,1-6H3. The van der Waals surface area contributed by atoms with Crippen molar-refractivity contribution in [3.63, 3.8) is 0 Å². The average Bonchev–Trinajstić information content (AvgIpc) is 3.29. The number of hydrogen-bond acceptors (Lipinski definition) is 2. The molecule has 2 nitrogen and oxygen atoms in total. The molecule has 0 spiro atoms. The lowest BCUT2D eigenvalue weighted by Crippen LogP contribution is -2.48. The van der Waals surface area contributed by atoms with Crippen LogP contribution in [0.4, 0.5) is 0 Å². The fourth-order valence-corrected chi connectivity index (χ4v) is 11.2. The summed E-state index contributed by atoms with van der Waals surface area (Å²) in [6, 6.07) is 5.38. The second kappa shape index (κ2) is 7.71. The molecule has 3 fully saturated rings. The minimum absolute atomic E-state index is 0.0174. The highest BCUT2D eigenvalue weighted by Gasteiger charge is 2.53. The van der Waals surface area contributed by atoms with Gasteiger partial charge in [-0.2, -0.15) is 0 Å². The van der Waals surface area contributed by atoms with Gasteiger partial charge in [0.15, 0.2) is 0 Å². The first-order valence-corrected chi connectivity index (χ1v) is 15.3. The van der Waals surface area contributed by atoms with Gasteiger partial charge in [0.05, 0.1) is 8.07 Å². The summed E-state index contributed by atoms with van der Waals surface area (Å²) in [4.78, 5) is 2.85. The molecule has 4 unspecified atom stereocenters. The molecule has 0 aromatic heterocycles. The molecular weight excluding hydrogens is 370 g/mol. The maximum Gasteiger partial charge on any atom is 0.118 e. The quantitative estimate of drug-likeness (QED) is 0.618. The number of likely N-dealkylation sites (tertiary alicyclic amines) is 1. The topological polar surface area (TPSA) is 23.5 Å². The summed E-state index contributed by atoms with van der Waals surface area (Å²) in [5, 5.41) is 12.8. The summed E-state index contributed by atoms with van der Waals surface area (Å²) in [5.74, 6) is 2.42. The summed E-state index contributed by atoms with van der Waals surface area (Å²) in [6.45, 7) is 16.7. The van der Waals surface area contributed by atoms with Crippen molar-refractivity contribution in [2.75, 3.05) is 13.1 Å². The highest BCUT2D eigenvalue weighted by Crippen LogP contribution is 2.55. The summed E-state index contributed by atoms with van der Waals surface area (Å²) in [6.07, 6.45) is 9.90. The highest BCUT2D eigenvalue weighted by molar-refractivity contribution is 6.91. The second-order valence-corrected chi connectivity index (χ2v) is 16.7. The van der Waals surface area contributed by atoms with Crippen LogP contribution in [-0.2, 0) is 5.41 Å². The van der Waals surface area contributed by atoms with Crippen molar-refractivity contribution in [1.82, 2.24) is 4.90 Å². The molecule has 0 radical (unpaired) electrons. The Morgan fingerprint density at radius 1 is 0.966 bits per heavy atom. The van der Waals surface area contributed by atoms with Gasteiger partial charge in [0.1, 0.15) is 5.75 Å². The Hall–Kier alpha value is -0.803. The Labute approximate surface area is 180 Å². The third-order valence-electron chi connectivity index (χ3n) is 8.67. The van der Waals surface area contributed by atoms with Crippen LogP contribution in [0, 0.1) is 18.8 Å². The Morgan fingerprint density at radius 3 is 2.21 bits per heavy atom. The highest BCUT2D eigenvalue weighted by atomic mass is 28.3. The SMILES string of the molecule is Cc1cc(C(C)(C)C)c(O)c([Si](C)(C)C2CC(N3CCCC3)C3CCCCC32)c1. The zero-order valence-corrected chi connectivity index (χ0v) is 20.7. The first kappa shape index (κ1) is 21.4. The number of rotatable bonds is 3. The van der Waals surface area contributed by atoms with E-state index in [1.54, 1.807) is 0 Å². The van der Waals surface area contributed by atoms with Crippen molar-refractivity contribution in [2.24, 2.45) is 11.8 Å². The van der Waals surface area contributed by atoms with E-state index in [9.17, 15) is 5.11 Å². The summed E-state index contributed by atoms with van der Waals surface area (Å²) in [7, 11) is -1.81. The molecule has 3 heteroatoms. The van der Waals surface area contributed by atoms with Crippen LogP contribution in [0.2, 0.25) is 18.6 Å². The normalized spacial score (nSPS) is 31.2. The van der Waals surface area contributed by atoms with Gasteiger partial charge >= 0.3 is 0 Å². The Balaban J connectivity index is 1.72. The van der Waals surface area contributed by atoms with Crippen LogP contribution >= 0.6 is 0 Å². The molecule has 1 aromatic carbocycles. The van der Waals surface area contributed by atoms with E-state index in [0.29, 0.717) is 5.75 Å². The van der Waals surface area contributed by atoms with E-state index < -0.39 is 8.07 Å². The monoisotopic (exact) mass is 413 g/mol. The first-order valence-electron chi connectivity index (χ1n) is 12.2. The molecule has 2 aliphatic carbocycles. The average molecular weight is 414 g/mol. The van der Waals surface area contributed by atoms with Crippen molar-refractivity contribution < 1.29 is 5.11 Å². The van der Waals surface area contributed by atoms with Crippen LogP contribution in [0.5, 0.6) is 5.75 Å². The molecule has 1 N–H and O–H groups in total. The predicted molar refractivity (Wildman–Crippen MR) is 127 cm³/mol. The van der Waals surface area contributed by atoms with Crippen LogP contribution < -0.4 is 5.19 Å². The largest absolute Gasteiger partial charge is 0.508 e. The van der Waals surface area contributed by atoms with E-state index in [-0.39, 0.29) is 5.41 Å². The fraction of sp³-hybridized carbons (Fsp3) is 0.769. The third-order valence-corrected chi connectivity index (χ3v) is 13.0. The van der Waals surface area contributed by atoms with E-state index in [2.05, 4.69) is 57.8 Å². The number of phenols is 1. The van der Waals surface area contributed by atoms with Crippen LogP contribution in [0.15, 0.2) is 12.1 Å². The number of phenolic OH excluding ortho intramolecular Hbond substituents is 1. The molecular formula is C26H43NOSi. The summed E-state index contributed by atoms with van der Waals surface area (Å²) >= 11 is 0. The number of benzene rings is 1. The van der Waals surface area contributed by atoms with Gasteiger partial charge in [-0.05, 0) is 79.2 Å². The molecule has 1 saturated heterocycles. The fourth-order valence-electron chi connectivity index (χ4n) is 7.14. The van der Waals surface area contributed by atoms with Crippen molar-refractivity contribution in [2.45, 2.75) is 103 Å². The molecule has 4 atom stereocenters. The van der Waals surface area contributed by atoms with Gasteiger partial charge in [-0.25, -0.2) is 0 Å². The minimum atomic E-state index is -1.81. The van der Waals surface area contributed by atoms with Crippen molar-refractivity contribution in [3.05, 3.63) is 23.3 Å². The molecule has 162 valence electrons. The number of nitrogens with zero attached hydrogens (tertiary/aromatic N) is 1. The van der Waals surface area contributed by atoms with E-state index in [1.807, 2.05) is 0 Å². The molecule has 0 bridgehead atoms. The van der Waals surface area contributed by atoms with Gasteiger partial charge < -0.3 is 10.0 Å². The van der Waals surface area contributed by atoms with Gasteiger partial charge in [0.2, 0.25) is 0 Å². The maximum atomic E-state index is 11.4. The van der Waals surface area contributed by atoms with E-state index >= 15 is 0 Å². The third kappa shape index (κ3) is 3.82. The number of hydrogen-bond donors (Lipinski definition) is 1. The van der Waals surface area contributed by atoms with Gasteiger partial charge in [-0.1, -0.05) is 70.8 Å². The zero-order chi connectivity index (χ0) is 21.0. The van der Waals surface area contributed by atoms with E-state index in [4.69, 9.17) is 0 Å². The second-order valence-electron chi connectivity index (χ2n) is 11.9. The van der Waals surface area contributed by atoms with Gasteiger partial charge in [-0.15, -0.1) is 0 Å². The Bertz CT molecular complexity index is 744. The molecule has 0 amide bonds. The van der Waals surface area contributed by atoms with Crippen LogP contribution in [0.25, 0.3) is 0 Å². The summed E-state index contributed by atoms with van der Waals surface area (Å²) < 4.78 is 0. The molecule has 3 aliphatic rings. The molecule has 1 aliphatic heterocycles. The van der Waals surface area contributed by atoms with E-state index in [0.717, 1.165) is 29.0 Å². The first-order chi connectivity index (χ1) is 13.6. The predicted octanol–water partition coefficient (Wildman–Crippen LogP) is 5.96. The number of fused-ring (bicyclic) bond motifs is 1. The molecule has 2 saturated carbocycles. The van der Waals surface area contributed by atoms with E-state index in [1.165, 1.54) is 68.8 Å². The lowest BCUT2D eigenvalue weighted by atomic mass is 9.80. The number of aromatic hydroxyl groups is 1. The Kier molecular flexibility index (Phi) is 5.70. The molecule has 4 rings (SSSR count). The van der Waals surface area contributed by atoms with Crippen LogP contribution in [-0.4, -0.2) is 37.2 Å². The zero-order valence-electron chi connectivity index (χ0n) is 19.7. The minimum Gasteiger partial charge on any atom is -0.508 e. The maximum absolute atomic E-state index is 11.4. The van der Waals surface area contributed by atoms with Crippen molar-refractivity contribution in [3.8, 4) is 5.75 Å². The molecule has 1 aromatic rings. The van der Waals surface area contributed by atoms with Crippen molar-refractivity contribution >= 4 is 13.3 Å². The number of aryl methyl sites for hydroxylation is 1. The van der Waals surface area contributed by atoms with Crippen LogP contribution in [0.1, 0.15) is 76.8 Å². The lowest BCUT2D eigenvalue weighted by Gasteiger charge is -2.39. The smallest absolute Gasteiger partial charge is 0.118 e. The van der Waals surface area contributed by atoms with Gasteiger partial charge in [0, 0.05) is 6.04 Å². The molecule has 1 heterocycles. The van der Waals surface area contributed by atoms with Gasteiger partial charge in [0.25, 0.3) is 0 Å². The van der Waals surface area contributed by atoms with Crippen LogP contribution in [0.3, 0.4) is 0 Å². The molecule has 29 heavy (non-hydrogen) atoms.